The van der Waals surface area contributed by atoms with E-state index in [0.717, 1.165) is 6.92 Å². The molecule has 0 aliphatic carbocycles. The van der Waals surface area contributed by atoms with Gasteiger partial charge in [0.1, 0.15) is 0 Å². The van der Waals surface area contributed by atoms with Gasteiger partial charge in [-0.05, 0) is 6.92 Å². The number of aliphatic hydroxyl groups is 1. The standard InChI is InChI=1S/C10H11F5O5/c1-5(2)6(16)20-7(3)8(11,12)9(17,10(13,14)15)19-4-18-7/h17H,1,4H2,2-3H3. The Morgan fingerprint density at radius 2 is 1.85 bits per heavy atom. The van der Waals surface area contributed by atoms with Crippen LogP contribution in [0.25, 0.3) is 0 Å². The van der Waals surface area contributed by atoms with Crippen LogP contribution in [0.15, 0.2) is 12.2 Å². The smallest absolute Gasteiger partial charge is 0.423 e. The first-order chi connectivity index (χ1) is 8.78. The Morgan fingerprint density at radius 3 is 2.25 bits per heavy atom. The number of alkyl halides is 5. The largest absolute Gasteiger partial charge is 0.450 e. The van der Waals surface area contributed by atoms with Crippen molar-refractivity contribution in [3.8, 4) is 0 Å². The van der Waals surface area contributed by atoms with E-state index in [-0.39, 0.29) is 5.57 Å². The molecule has 20 heavy (non-hydrogen) atoms. The maximum Gasteiger partial charge on any atom is 0.450 e. The van der Waals surface area contributed by atoms with Crippen molar-refractivity contribution in [3.63, 3.8) is 0 Å². The molecular formula is C10H11F5O5. The molecule has 0 aromatic heterocycles. The molecule has 0 spiro atoms. The molecule has 1 aliphatic rings. The highest BCUT2D eigenvalue weighted by Gasteiger charge is 2.81. The first-order valence-corrected chi connectivity index (χ1v) is 5.12. The van der Waals surface area contributed by atoms with Gasteiger partial charge in [-0.15, -0.1) is 0 Å². The normalized spacial score (nSPS) is 33.6. The van der Waals surface area contributed by atoms with Gasteiger partial charge in [-0.1, -0.05) is 6.58 Å². The Labute approximate surface area is 109 Å². The summed E-state index contributed by atoms with van der Waals surface area (Å²) < 4.78 is 77.7. The van der Waals surface area contributed by atoms with Gasteiger partial charge in [-0.3, -0.25) is 0 Å². The predicted molar refractivity (Wildman–Crippen MR) is 52.3 cm³/mol. The lowest BCUT2D eigenvalue weighted by Crippen LogP contribution is -2.73. The molecular weight excluding hydrogens is 295 g/mol. The van der Waals surface area contributed by atoms with E-state index in [1.807, 2.05) is 0 Å². The molecule has 1 heterocycles. The Hall–Kier alpha value is -1.26. The fourth-order valence-corrected chi connectivity index (χ4v) is 1.33. The van der Waals surface area contributed by atoms with Crippen LogP contribution in [-0.2, 0) is 19.0 Å². The molecule has 0 saturated carbocycles. The summed E-state index contributed by atoms with van der Waals surface area (Å²) in [4.78, 5) is 11.2. The third kappa shape index (κ3) is 2.27. The maximum absolute atomic E-state index is 13.9. The molecule has 1 aliphatic heterocycles. The summed E-state index contributed by atoms with van der Waals surface area (Å²) in [6.45, 7) is 3.22. The molecule has 2 unspecified atom stereocenters. The van der Waals surface area contributed by atoms with E-state index in [2.05, 4.69) is 20.8 Å². The highest BCUT2D eigenvalue weighted by Crippen LogP contribution is 2.52. The second-order valence-electron chi connectivity index (χ2n) is 4.24. The van der Waals surface area contributed by atoms with Gasteiger partial charge in [0, 0.05) is 12.5 Å². The molecule has 0 bridgehead atoms. The van der Waals surface area contributed by atoms with E-state index < -0.39 is 36.4 Å². The summed E-state index contributed by atoms with van der Waals surface area (Å²) in [5.74, 6) is -14.7. The second kappa shape index (κ2) is 4.64. The number of hydrogen-bond acceptors (Lipinski definition) is 5. The van der Waals surface area contributed by atoms with Gasteiger partial charge in [0.05, 0.1) is 0 Å². The molecule has 5 nitrogen and oxygen atoms in total. The Bertz CT molecular complexity index is 434. The number of carbonyl (C=O) groups excluding carboxylic acids is 1. The van der Waals surface area contributed by atoms with Crippen molar-refractivity contribution in [3.05, 3.63) is 12.2 Å². The summed E-state index contributed by atoms with van der Waals surface area (Å²) >= 11 is 0. The van der Waals surface area contributed by atoms with Crippen molar-refractivity contribution in [1.29, 1.82) is 0 Å². The molecule has 10 heteroatoms. The Kier molecular flexibility index (Phi) is 3.89. The van der Waals surface area contributed by atoms with Crippen LogP contribution >= 0.6 is 0 Å². The van der Waals surface area contributed by atoms with E-state index in [4.69, 9.17) is 5.11 Å². The highest BCUT2D eigenvalue weighted by atomic mass is 19.4. The third-order valence-electron chi connectivity index (χ3n) is 2.62. The predicted octanol–water partition coefficient (Wildman–Crippen LogP) is 1.71. The second-order valence-corrected chi connectivity index (χ2v) is 4.24. The van der Waals surface area contributed by atoms with Crippen LogP contribution in [0.5, 0.6) is 0 Å². The average molecular weight is 306 g/mol. The molecule has 0 aromatic rings. The van der Waals surface area contributed by atoms with Crippen molar-refractivity contribution in [1.82, 2.24) is 0 Å². The van der Waals surface area contributed by atoms with E-state index >= 15 is 0 Å². The number of esters is 1. The van der Waals surface area contributed by atoms with Gasteiger partial charge in [0.2, 0.25) is 0 Å². The maximum atomic E-state index is 13.9. The zero-order chi connectivity index (χ0) is 16.0. The first-order valence-electron chi connectivity index (χ1n) is 5.12. The minimum absolute atomic E-state index is 0.340. The minimum Gasteiger partial charge on any atom is -0.423 e. The quantitative estimate of drug-likeness (QED) is 0.478. The molecule has 2 atom stereocenters. The molecule has 0 aromatic carbocycles. The van der Waals surface area contributed by atoms with Crippen LogP contribution in [0.2, 0.25) is 0 Å². The number of hydrogen-bond donors (Lipinski definition) is 1. The van der Waals surface area contributed by atoms with Crippen molar-refractivity contribution in [2.24, 2.45) is 0 Å². The van der Waals surface area contributed by atoms with Crippen molar-refractivity contribution >= 4 is 5.97 Å². The molecule has 1 saturated heterocycles. The zero-order valence-corrected chi connectivity index (χ0v) is 10.4. The lowest BCUT2D eigenvalue weighted by atomic mass is 9.98. The molecule has 1 fully saturated rings. The minimum atomic E-state index is -5.84. The fraction of sp³-hybridized carbons (Fsp3) is 0.700. The lowest BCUT2D eigenvalue weighted by Gasteiger charge is -2.47. The number of rotatable bonds is 2. The number of halogens is 5. The molecule has 0 radical (unpaired) electrons. The topological polar surface area (TPSA) is 65.0 Å². The summed E-state index contributed by atoms with van der Waals surface area (Å²) in [6.07, 6.45) is -5.84. The van der Waals surface area contributed by atoms with Crippen LogP contribution < -0.4 is 0 Å². The van der Waals surface area contributed by atoms with Gasteiger partial charge in [0.15, 0.2) is 6.79 Å². The van der Waals surface area contributed by atoms with Crippen molar-refractivity contribution in [2.45, 2.75) is 37.5 Å². The van der Waals surface area contributed by atoms with Gasteiger partial charge < -0.3 is 19.3 Å². The SMILES string of the molecule is C=C(C)C(=O)OC1(C)OCOC(O)(C(F)(F)F)C1(F)F. The van der Waals surface area contributed by atoms with Crippen LogP contribution in [0.3, 0.4) is 0 Å². The first kappa shape index (κ1) is 16.8. The van der Waals surface area contributed by atoms with E-state index in [1.165, 1.54) is 0 Å². The van der Waals surface area contributed by atoms with Crippen molar-refractivity contribution < 1.29 is 46.1 Å². The highest BCUT2D eigenvalue weighted by molar-refractivity contribution is 5.87. The van der Waals surface area contributed by atoms with Gasteiger partial charge in [0.25, 0.3) is 5.79 Å². The van der Waals surface area contributed by atoms with E-state index in [9.17, 15) is 26.7 Å². The Morgan fingerprint density at radius 1 is 1.35 bits per heavy atom. The van der Waals surface area contributed by atoms with Gasteiger partial charge >= 0.3 is 23.9 Å². The average Bonchev–Trinajstić information content (AvgIpc) is 2.24. The van der Waals surface area contributed by atoms with Crippen LogP contribution in [-0.4, -0.2) is 41.5 Å². The fourth-order valence-electron chi connectivity index (χ4n) is 1.33. The van der Waals surface area contributed by atoms with Crippen LogP contribution in [0.1, 0.15) is 13.8 Å². The lowest BCUT2D eigenvalue weighted by molar-refractivity contribution is -0.525. The molecule has 116 valence electrons. The van der Waals surface area contributed by atoms with Crippen LogP contribution in [0, 0.1) is 0 Å². The van der Waals surface area contributed by atoms with Crippen LogP contribution in [0.4, 0.5) is 22.0 Å². The third-order valence-corrected chi connectivity index (χ3v) is 2.62. The van der Waals surface area contributed by atoms with Gasteiger partial charge in [-0.25, -0.2) is 4.79 Å². The summed E-state index contributed by atoms with van der Waals surface area (Å²) in [5, 5.41) is 9.13. The molecule has 0 amide bonds. The van der Waals surface area contributed by atoms with E-state index in [1.54, 1.807) is 0 Å². The summed E-state index contributed by atoms with van der Waals surface area (Å²) in [5.41, 5.74) is -0.340. The number of ether oxygens (including phenoxy) is 3. The van der Waals surface area contributed by atoms with E-state index in [0.29, 0.717) is 6.92 Å². The zero-order valence-electron chi connectivity index (χ0n) is 10.4. The molecule has 1 rings (SSSR count). The van der Waals surface area contributed by atoms with Crippen molar-refractivity contribution in [2.75, 3.05) is 6.79 Å². The monoisotopic (exact) mass is 306 g/mol. The van der Waals surface area contributed by atoms with Gasteiger partial charge in [-0.2, -0.15) is 22.0 Å². The number of carbonyl (C=O) groups is 1. The summed E-state index contributed by atoms with van der Waals surface area (Å²) in [6, 6.07) is 0. The summed E-state index contributed by atoms with van der Waals surface area (Å²) in [7, 11) is 0. The molecule has 1 N–H and O–H groups in total. The Balaban J connectivity index is 3.23.